The van der Waals surface area contributed by atoms with Gasteiger partial charge in [0.1, 0.15) is 0 Å². The van der Waals surface area contributed by atoms with E-state index in [2.05, 4.69) is 54.5 Å². The molecule has 0 aromatic carbocycles. The number of rotatable bonds is 13. The van der Waals surface area contributed by atoms with E-state index in [0.717, 1.165) is 23.7 Å². The number of nitrogens with two attached hydrogens (primary N) is 1. The predicted molar refractivity (Wildman–Crippen MR) is 135 cm³/mol. The number of unbranched alkanes of at least 4 members (excludes halogenated alkanes) is 2. The lowest BCUT2D eigenvalue weighted by molar-refractivity contribution is -0.0940. The van der Waals surface area contributed by atoms with Crippen LogP contribution in [0.25, 0.3) is 0 Å². The fourth-order valence-corrected chi connectivity index (χ4v) is 6.43. The van der Waals surface area contributed by atoms with Crippen molar-refractivity contribution < 1.29 is 0 Å². The highest BCUT2D eigenvalue weighted by Gasteiger charge is 2.53. The Morgan fingerprint density at radius 2 is 1.80 bits per heavy atom. The molecule has 0 heterocycles. The smallest absolute Gasteiger partial charge is 0.0222 e. The third-order valence-corrected chi connectivity index (χ3v) is 9.69. The Morgan fingerprint density at radius 3 is 2.40 bits per heavy atom. The molecule has 0 radical (unpaired) electrons. The third-order valence-electron chi connectivity index (χ3n) is 9.69. The van der Waals surface area contributed by atoms with Crippen LogP contribution in [0.15, 0.2) is 11.6 Å². The zero-order valence-corrected chi connectivity index (χ0v) is 21.7. The van der Waals surface area contributed by atoms with Crippen molar-refractivity contribution in [1.29, 1.82) is 0 Å². The molecule has 5 unspecified atom stereocenters. The van der Waals surface area contributed by atoms with E-state index >= 15 is 0 Å². The van der Waals surface area contributed by atoms with Crippen molar-refractivity contribution in [3.63, 3.8) is 0 Å². The van der Waals surface area contributed by atoms with Crippen LogP contribution in [0.5, 0.6) is 0 Å². The van der Waals surface area contributed by atoms with Gasteiger partial charge in [0.25, 0.3) is 0 Å². The van der Waals surface area contributed by atoms with Crippen LogP contribution < -0.4 is 5.73 Å². The highest BCUT2D eigenvalue weighted by Crippen LogP contribution is 2.63. The van der Waals surface area contributed by atoms with Gasteiger partial charge in [0.05, 0.1) is 0 Å². The summed E-state index contributed by atoms with van der Waals surface area (Å²) in [4.78, 5) is 0. The Balaban J connectivity index is 1.93. The molecular weight excluding hydrogens is 362 g/mol. The maximum atomic E-state index is 6.09. The van der Waals surface area contributed by atoms with E-state index in [1.807, 2.05) is 0 Å². The quantitative estimate of drug-likeness (QED) is 0.235. The summed E-state index contributed by atoms with van der Waals surface area (Å²) < 4.78 is 0. The van der Waals surface area contributed by atoms with Gasteiger partial charge in [0.15, 0.2) is 0 Å². The molecule has 0 aromatic rings. The normalized spacial score (nSPS) is 29.4. The van der Waals surface area contributed by atoms with Crippen molar-refractivity contribution >= 4 is 0 Å². The summed E-state index contributed by atoms with van der Waals surface area (Å²) in [5.74, 6) is 3.75. The summed E-state index contributed by atoms with van der Waals surface area (Å²) in [6.07, 6.45) is 21.3. The Bertz CT molecular complexity index is 528. The van der Waals surface area contributed by atoms with E-state index in [1.54, 1.807) is 6.42 Å². The first-order chi connectivity index (χ1) is 14.1. The van der Waals surface area contributed by atoms with Crippen LogP contribution in [0.2, 0.25) is 0 Å². The first-order valence-corrected chi connectivity index (χ1v) is 13.5. The molecular formula is C29H55N. The fourth-order valence-electron chi connectivity index (χ4n) is 6.43. The van der Waals surface area contributed by atoms with Gasteiger partial charge in [-0.3, -0.25) is 0 Å². The van der Waals surface area contributed by atoms with Crippen LogP contribution in [0.4, 0.5) is 0 Å². The SMILES string of the molecule is CCC(C/C=C(\C)C(C)N)CC1(CCCCCC(C)(C)C(C)C)CC2CCCCC21. The van der Waals surface area contributed by atoms with Crippen LogP contribution in [0.3, 0.4) is 0 Å². The molecule has 2 aliphatic carbocycles. The Hall–Kier alpha value is -0.300. The second-order valence-corrected chi connectivity index (χ2v) is 12.4. The molecule has 2 saturated carbocycles. The van der Waals surface area contributed by atoms with Gasteiger partial charge in [-0.25, -0.2) is 0 Å². The molecule has 0 spiro atoms. The summed E-state index contributed by atoms with van der Waals surface area (Å²) in [7, 11) is 0. The zero-order chi connectivity index (χ0) is 22.4. The molecule has 0 aliphatic heterocycles. The van der Waals surface area contributed by atoms with E-state index in [4.69, 9.17) is 5.73 Å². The molecule has 0 saturated heterocycles. The fraction of sp³-hybridized carbons (Fsp3) is 0.931. The van der Waals surface area contributed by atoms with Gasteiger partial charge in [0.2, 0.25) is 0 Å². The molecule has 30 heavy (non-hydrogen) atoms. The van der Waals surface area contributed by atoms with Crippen LogP contribution in [0, 0.1) is 34.5 Å². The standard InChI is InChI=1S/C29H55N/c1-8-25(17-16-23(4)24(5)30)20-29(21-26-14-10-11-15-27(26)29)19-13-9-12-18-28(6,7)22(2)3/h16,22,24-27H,8-15,17-21,30H2,1-7H3/b23-16+. The topological polar surface area (TPSA) is 26.0 Å². The average Bonchev–Trinajstić information content (AvgIpc) is 2.68. The third kappa shape index (κ3) is 6.85. The molecule has 2 N–H and O–H groups in total. The van der Waals surface area contributed by atoms with E-state index in [9.17, 15) is 0 Å². The first kappa shape index (κ1) is 26.0. The van der Waals surface area contributed by atoms with Crippen LogP contribution >= 0.6 is 0 Å². The maximum Gasteiger partial charge on any atom is 0.0222 e. The molecule has 0 bridgehead atoms. The largest absolute Gasteiger partial charge is 0.324 e. The highest BCUT2D eigenvalue weighted by atomic mass is 14.6. The molecule has 2 fully saturated rings. The van der Waals surface area contributed by atoms with Crippen LogP contribution in [0.1, 0.15) is 132 Å². The van der Waals surface area contributed by atoms with Crippen molar-refractivity contribution in [3.8, 4) is 0 Å². The van der Waals surface area contributed by atoms with Gasteiger partial charge >= 0.3 is 0 Å². The van der Waals surface area contributed by atoms with Gasteiger partial charge < -0.3 is 5.73 Å². The summed E-state index contributed by atoms with van der Waals surface area (Å²) in [5.41, 5.74) is 8.64. The van der Waals surface area contributed by atoms with Gasteiger partial charge in [-0.1, -0.05) is 91.2 Å². The lowest BCUT2D eigenvalue weighted by Gasteiger charge is -2.59. The Kier molecular flexibility index (Phi) is 9.98. The lowest BCUT2D eigenvalue weighted by Crippen LogP contribution is -2.50. The minimum atomic E-state index is 0.206. The van der Waals surface area contributed by atoms with Crippen molar-refractivity contribution in [2.75, 3.05) is 0 Å². The van der Waals surface area contributed by atoms with E-state index in [-0.39, 0.29) is 6.04 Å². The van der Waals surface area contributed by atoms with Crippen molar-refractivity contribution in [1.82, 2.24) is 0 Å². The second kappa shape index (κ2) is 11.5. The minimum absolute atomic E-state index is 0.206. The summed E-state index contributed by atoms with van der Waals surface area (Å²) in [6, 6.07) is 0.206. The zero-order valence-electron chi connectivity index (χ0n) is 21.7. The number of fused-ring (bicyclic) bond motifs is 1. The molecule has 0 amide bonds. The van der Waals surface area contributed by atoms with E-state index in [1.165, 1.54) is 82.6 Å². The van der Waals surface area contributed by atoms with Crippen molar-refractivity contribution in [2.24, 2.45) is 40.2 Å². The number of hydrogen-bond donors (Lipinski definition) is 1. The number of hydrogen-bond acceptors (Lipinski definition) is 1. The summed E-state index contributed by atoms with van der Waals surface area (Å²) in [6.45, 7) is 16.4. The first-order valence-electron chi connectivity index (χ1n) is 13.5. The molecule has 1 heteroatoms. The highest BCUT2D eigenvalue weighted by molar-refractivity contribution is 5.07. The van der Waals surface area contributed by atoms with E-state index in [0.29, 0.717) is 10.8 Å². The van der Waals surface area contributed by atoms with E-state index < -0.39 is 0 Å². The minimum Gasteiger partial charge on any atom is -0.324 e. The molecule has 0 aromatic heterocycles. The van der Waals surface area contributed by atoms with Crippen molar-refractivity contribution in [2.45, 2.75) is 138 Å². The number of allylic oxidation sites excluding steroid dienone is 1. The second-order valence-electron chi connectivity index (χ2n) is 12.4. The van der Waals surface area contributed by atoms with Crippen LogP contribution in [-0.2, 0) is 0 Å². The summed E-state index contributed by atoms with van der Waals surface area (Å²) in [5, 5.41) is 0. The maximum absolute atomic E-state index is 6.09. The monoisotopic (exact) mass is 417 g/mol. The lowest BCUT2D eigenvalue weighted by atomic mass is 9.46. The predicted octanol–water partition coefficient (Wildman–Crippen LogP) is 8.92. The van der Waals surface area contributed by atoms with Crippen molar-refractivity contribution in [3.05, 3.63) is 11.6 Å². The average molecular weight is 418 g/mol. The van der Waals surface area contributed by atoms with Gasteiger partial charge in [-0.05, 0) is 86.9 Å². The molecule has 176 valence electrons. The molecule has 2 aliphatic rings. The summed E-state index contributed by atoms with van der Waals surface area (Å²) >= 11 is 0. The van der Waals surface area contributed by atoms with Crippen LogP contribution in [-0.4, -0.2) is 6.04 Å². The van der Waals surface area contributed by atoms with Gasteiger partial charge in [-0.2, -0.15) is 0 Å². The molecule has 1 nitrogen and oxygen atoms in total. The van der Waals surface area contributed by atoms with Gasteiger partial charge in [0, 0.05) is 6.04 Å². The molecule has 5 atom stereocenters. The van der Waals surface area contributed by atoms with Gasteiger partial charge in [-0.15, -0.1) is 0 Å². The Labute approximate surface area is 190 Å². The Morgan fingerprint density at radius 1 is 1.10 bits per heavy atom. The molecule has 2 rings (SSSR count).